The van der Waals surface area contributed by atoms with Crippen LogP contribution < -0.4 is 0 Å². The van der Waals surface area contributed by atoms with Crippen LogP contribution in [0.15, 0.2) is 0 Å². The summed E-state index contributed by atoms with van der Waals surface area (Å²) in [5, 5.41) is 9.30. The SMILES string of the molecule is O=C(O)CCOCCOCC[AsH2]. The van der Waals surface area contributed by atoms with Crippen molar-refractivity contribution in [2.75, 3.05) is 26.4 Å². The Morgan fingerprint density at radius 1 is 1.17 bits per heavy atom. The Bertz CT molecular complexity index is 118. The van der Waals surface area contributed by atoms with Crippen molar-refractivity contribution < 1.29 is 19.4 Å². The number of rotatable bonds is 8. The van der Waals surface area contributed by atoms with Crippen molar-refractivity contribution in [2.45, 2.75) is 11.6 Å². The van der Waals surface area contributed by atoms with Gasteiger partial charge in [0.05, 0.1) is 0 Å². The quantitative estimate of drug-likeness (QED) is 0.459. The normalized spacial score (nSPS) is 10.1. The van der Waals surface area contributed by atoms with E-state index in [-0.39, 0.29) is 13.0 Å². The Morgan fingerprint density at radius 3 is 2.25 bits per heavy atom. The topological polar surface area (TPSA) is 55.8 Å². The molecule has 0 fully saturated rings. The molecular weight excluding hydrogens is 223 g/mol. The first-order chi connectivity index (χ1) is 5.77. The summed E-state index contributed by atoms with van der Waals surface area (Å²) in [5.41, 5.74) is 0. The molecule has 0 radical (unpaired) electrons. The molecule has 0 heterocycles. The number of hydrogen-bond acceptors (Lipinski definition) is 3. The fraction of sp³-hybridized carbons (Fsp3) is 0.857. The van der Waals surface area contributed by atoms with Crippen molar-refractivity contribution in [1.82, 2.24) is 0 Å². The minimum atomic E-state index is -0.827. The van der Waals surface area contributed by atoms with E-state index in [1.54, 1.807) is 16.9 Å². The van der Waals surface area contributed by atoms with E-state index < -0.39 is 5.97 Å². The van der Waals surface area contributed by atoms with Crippen LogP contribution in [0, 0.1) is 0 Å². The first kappa shape index (κ1) is 11.9. The first-order valence-corrected chi connectivity index (χ1v) is 5.56. The van der Waals surface area contributed by atoms with Crippen molar-refractivity contribution in [3.05, 3.63) is 0 Å². The van der Waals surface area contributed by atoms with Gasteiger partial charge < -0.3 is 0 Å². The predicted molar refractivity (Wildman–Crippen MR) is 47.2 cm³/mol. The van der Waals surface area contributed by atoms with E-state index in [0.717, 1.165) is 11.8 Å². The van der Waals surface area contributed by atoms with Crippen molar-refractivity contribution in [2.24, 2.45) is 0 Å². The van der Waals surface area contributed by atoms with Crippen LogP contribution in [-0.2, 0) is 14.3 Å². The second-order valence-electron chi connectivity index (χ2n) is 2.16. The maximum atomic E-state index is 10.0. The van der Waals surface area contributed by atoms with E-state index in [9.17, 15) is 4.79 Å². The molecular formula is C7H15AsO4. The average molecular weight is 238 g/mol. The molecule has 1 N–H and O–H groups in total. The van der Waals surface area contributed by atoms with Gasteiger partial charge >= 0.3 is 80.3 Å². The average Bonchev–Trinajstić information content (AvgIpc) is 2.02. The summed E-state index contributed by atoms with van der Waals surface area (Å²) in [4.78, 5) is 10.0. The summed E-state index contributed by atoms with van der Waals surface area (Å²) in [7, 11) is 0. The molecule has 0 saturated heterocycles. The molecule has 5 heteroatoms. The van der Waals surface area contributed by atoms with Gasteiger partial charge in [0.25, 0.3) is 0 Å². The van der Waals surface area contributed by atoms with Crippen molar-refractivity contribution in [3.8, 4) is 0 Å². The minimum absolute atomic E-state index is 0.0664. The molecule has 0 rings (SSSR count). The Kier molecular flexibility index (Phi) is 9.00. The second-order valence-corrected chi connectivity index (χ2v) is 3.37. The standard InChI is InChI=1S/C7H15AsO4/c8-2-4-12-6-5-11-3-1-7(9)10/h1-6,8H2,(H,9,10). The van der Waals surface area contributed by atoms with E-state index in [1.807, 2.05) is 0 Å². The molecule has 0 aliphatic carbocycles. The number of hydrogen-bond donors (Lipinski definition) is 1. The van der Waals surface area contributed by atoms with Crippen molar-refractivity contribution >= 4 is 22.8 Å². The van der Waals surface area contributed by atoms with Crippen LogP contribution in [0.25, 0.3) is 0 Å². The zero-order valence-electron chi connectivity index (χ0n) is 6.99. The van der Waals surface area contributed by atoms with Gasteiger partial charge in [0.2, 0.25) is 0 Å². The monoisotopic (exact) mass is 238 g/mol. The maximum absolute atomic E-state index is 10.0. The molecule has 0 amide bonds. The van der Waals surface area contributed by atoms with Crippen molar-refractivity contribution in [3.63, 3.8) is 0 Å². The van der Waals surface area contributed by atoms with Crippen LogP contribution in [0.1, 0.15) is 6.42 Å². The molecule has 4 nitrogen and oxygen atoms in total. The number of carboxylic acid groups (broad SMARTS) is 1. The fourth-order valence-corrected chi connectivity index (χ4v) is 0.914. The van der Waals surface area contributed by atoms with Crippen LogP contribution >= 0.6 is 0 Å². The Morgan fingerprint density at radius 2 is 1.75 bits per heavy atom. The van der Waals surface area contributed by atoms with Gasteiger partial charge in [-0.15, -0.1) is 0 Å². The van der Waals surface area contributed by atoms with Crippen molar-refractivity contribution in [1.29, 1.82) is 0 Å². The van der Waals surface area contributed by atoms with Gasteiger partial charge in [0, 0.05) is 0 Å². The molecule has 0 aliphatic rings. The number of ether oxygens (including phenoxy) is 2. The number of carbonyl (C=O) groups is 1. The van der Waals surface area contributed by atoms with Gasteiger partial charge in [-0.2, -0.15) is 0 Å². The second kappa shape index (κ2) is 9.04. The first-order valence-electron chi connectivity index (χ1n) is 3.84. The molecule has 0 aromatic heterocycles. The van der Waals surface area contributed by atoms with Crippen LogP contribution in [0.3, 0.4) is 0 Å². The molecule has 0 aliphatic heterocycles. The van der Waals surface area contributed by atoms with Gasteiger partial charge in [-0.3, -0.25) is 0 Å². The molecule has 1 unspecified atom stereocenters. The van der Waals surface area contributed by atoms with Gasteiger partial charge in [-0.1, -0.05) is 0 Å². The fourth-order valence-electron chi connectivity index (χ4n) is 0.565. The molecule has 12 heavy (non-hydrogen) atoms. The summed E-state index contributed by atoms with van der Waals surface area (Å²) < 4.78 is 10.1. The van der Waals surface area contributed by atoms with Crippen LogP contribution in [0.2, 0.25) is 5.21 Å². The Labute approximate surface area is 80.7 Å². The van der Waals surface area contributed by atoms with Gasteiger partial charge in [0.1, 0.15) is 0 Å². The molecule has 0 aromatic rings. The van der Waals surface area contributed by atoms with Gasteiger partial charge in [-0.25, -0.2) is 0 Å². The van der Waals surface area contributed by atoms with E-state index in [0.29, 0.717) is 13.2 Å². The Balaban J connectivity index is 2.86. The summed E-state index contributed by atoms with van der Waals surface area (Å²) in [5.74, 6) is -0.827. The predicted octanol–water partition coefficient (Wildman–Crippen LogP) is -0.454. The summed E-state index contributed by atoms with van der Waals surface area (Å²) >= 11 is 1.64. The third-order valence-corrected chi connectivity index (χ3v) is 1.59. The number of aliphatic carboxylic acids is 1. The Hall–Kier alpha value is -0.0516. The third-order valence-electron chi connectivity index (χ3n) is 1.09. The van der Waals surface area contributed by atoms with Crippen LogP contribution in [0.5, 0.6) is 0 Å². The zero-order valence-corrected chi connectivity index (χ0v) is 9.41. The van der Waals surface area contributed by atoms with E-state index in [2.05, 4.69) is 0 Å². The van der Waals surface area contributed by atoms with Gasteiger partial charge in [0.15, 0.2) is 0 Å². The summed E-state index contributed by atoms with van der Waals surface area (Å²) in [6, 6.07) is 0. The van der Waals surface area contributed by atoms with E-state index >= 15 is 0 Å². The van der Waals surface area contributed by atoms with E-state index in [4.69, 9.17) is 14.6 Å². The summed E-state index contributed by atoms with van der Waals surface area (Å²) in [6.45, 7) is 2.08. The molecule has 0 bridgehead atoms. The molecule has 72 valence electrons. The van der Waals surface area contributed by atoms with Gasteiger partial charge in [-0.05, 0) is 0 Å². The zero-order chi connectivity index (χ0) is 9.23. The molecule has 0 spiro atoms. The molecule has 0 saturated carbocycles. The van der Waals surface area contributed by atoms with Crippen LogP contribution in [-0.4, -0.2) is 54.4 Å². The number of carboxylic acids is 1. The summed E-state index contributed by atoms with van der Waals surface area (Å²) in [6.07, 6.45) is 0.0664. The molecule has 1 atom stereocenters. The van der Waals surface area contributed by atoms with Crippen LogP contribution in [0.4, 0.5) is 0 Å². The third kappa shape index (κ3) is 9.95. The molecule has 0 aromatic carbocycles. The van der Waals surface area contributed by atoms with E-state index in [1.165, 1.54) is 0 Å².